The Bertz CT molecular complexity index is 719. The van der Waals surface area contributed by atoms with Gasteiger partial charge in [-0.05, 0) is 11.6 Å². The number of anilines is 2. The van der Waals surface area contributed by atoms with Gasteiger partial charge in [0.2, 0.25) is 5.82 Å². The highest BCUT2D eigenvalue weighted by Crippen LogP contribution is 2.33. The van der Waals surface area contributed by atoms with Gasteiger partial charge in [0.15, 0.2) is 0 Å². The molecule has 0 spiro atoms. The van der Waals surface area contributed by atoms with Crippen LogP contribution < -0.4 is 10.2 Å². The Hall–Kier alpha value is -2.67. The SMILES string of the molecule is O=[N+]([O-])c1c(F)cc(N2CCOCC2)cc1NCc1ccccc1. The van der Waals surface area contributed by atoms with Gasteiger partial charge in [-0.3, -0.25) is 10.1 Å². The number of nitrogens with one attached hydrogen (secondary N) is 1. The minimum absolute atomic E-state index is 0.186. The highest BCUT2D eigenvalue weighted by atomic mass is 19.1. The van der Waals surface area contributed by atoms with Gasteiger partial charge < -0.3 is 15.0 Å². The molecule has 1 fully saturated rings. The predicted molar refractivity (Wildman–Crippen MR) is 89.9 cm³/mol. The average Bonchev–Trinajstić information content (AvgIpc) is 2.60. The number of ether oxygens (including phenoxy) is 1. The maximum absolute atomic E-state index is 14.3. The van der Waals surface area contributed by atoms with E-state index in [2.05, 4.69) is 5.32 Å². The van der Waals surface area contributed by atoms with Gasteiger partial charge in [-0.2, -0.15) is 4.39 Å². The molecule has 0 radical (unpaired) electrons. The molecule has 0 unspecified atom stereocenters. The van der Waals surface area contributed by atoms with Crippen molar-refractivity contribution in [1.82, 2.24) is 0 Å². The largest absolute Gasteiger partial charge is 0.378 e. The number of nitrogens with zero attached hydrogens (tertiary/aromatic N) is 2. The van der Waals surface area contributed by atoms with Crippen LogP contribution in [-0.2, 0) is 11.3 Å². The summed E-state index contributed by atoms with van der Waals surface area (Å²) in [6.07, 6.45) is 0. The highest BCUT2D eigenvalue weighted by Gasteiger charge is 2.24. The smallest absolute Gasteiger partial charge is 0.327 e. The third-order valence-corrected chi connectivity index (χ3v) is 3.93. The van der Waals surface area contributed by atoms with Crippen molar-refractivity contribution in [3.8, 4) is 0 Å². The van der Waals surface area contributed by atoms with E-state index in [-0.39, 0.29) is 5.69 Å². The summed E-state index contributed by atoms with van der Waals surface area (Å²) in [5.41, 5.74) is 1.24. The summed E-state index contributed by atoms with van der Waals surface area (Å²) in [6, 6.07) is 12.3. The fourth-order valence-electron chi connectivity index (χ4n) is 2.70. The van der Waals surface area contributed by atoms with E-state index in [0.717, 1.165) is 5.56 Å². The van der Waals surface area contributed by atoms with E-state index in [4.69, 9.17) is 4.74 Å². The van der Waals surface area contributed by atoms with E-state index in [1.54, 1.807) is 6.07 Å². The number of morpholine rings is 1. The zero-order valence-corrected chi connectivity index (χ0v) is 13.1. The molecule has 0 bridgehead atoms. The van der Waals surface area contributed by atoms with Crippen LogP contribution >= 0.6 is 0 Å². The van der Waals surface area contributed by atoms with E-state index in [1.807, 2.05) is 35.2 Å². The van der Waals surface area contributed by atoms with Crippen molar-refractivity contribution in [3.05, 3.63) is 64.0 Å². The lowest BCUT2D eigenvalue weighted by Crippen LogP contribution is -2.36. The first-order valence-corrected chi connectivity index (χ1v) is 7.73. The first-order chi connectivity index (χ1) is 11.6. The van der Waals surface area contributed by atoms with Crippen LogP contribution in [0.1, 0.15) is 5.56 Å². The molecular formula is C17H18FN3O3. The molecule has 1 N–H and O–H groups in total. The first kappa shape index (κ1) is 16.2. The molecule has 1 aliphatic rings. The van der Waals surface area contributed by atoms with Crippen LogP contribution in [0.15, 0.2) is 42.5 Å². The molecule has 7 heteroatoms. The molecule has 24 heavy (non-hydrogen) atoms. The fraction of sp³-hybridized carbons (Fsp3) is 0.294. The van der Waals surface area contributed by atoms with Crippen LogP contribution in [0.4, 0.5) is 21.5 Å². The van der Waals surface area contributed by atoms with E-state index in [9.17, 15) is 14.5 Å². The van der Waals surface area contributed by atoms with Crippen LogP contribution in [0.25, 0.3) is 0 Å². The van der Waals surface area contributed by atoms with Gasteiger partial charge in [-0.1, -0.05) is 30.3 Å². The number of nitro groups is 1. The van der Waals surface area contributed by atoms with Gasteiger partial charge >= 0.3 is 5.69 Å². The van der Waals surface area contributed by atoms with Gasteiger partial charge in [0.05, 0.1) is 18.1 Å². The van der Waals surface area contributed by atoms with Crippen molar-refractivity contribution in [2.45, 2.75) is 6.54 Å². The average molecular weight is 331 g/mol. The van der Waals surface area contributed by atoms with Crippen molar-refractivity contribution < 1.29 is 14.1 Å². The number of hydrogen-bond donors (Lipinski definition) is 1. The van der Waals surface area contributed by atoms with Crippen molar-refractivity contribution in [2.75, 3.05) is 36.5 Å². The fourth-order valence-corrected chi connectivity index (χ4v) is 2.70. The zero-order chi connectivity index (χ0) is 16.9. The van der Waals surface area contributed by atoms with E-state index in [1.165, 1.54) is 6.07 Å². The predicted octanol–water partition coefficient (Wildman–Crippen LogP) is 3.18. The topological polar surface area (TPSA) is 67.6 Å². The lowest BCUT2D eigenvalue weighted by atomic mass is 10.1. The van der Waals surface area contributed by atoms with Gasteiger partial charge in [-0.15, -0.1) is 0 Å². The van der Waals surface area contributed by atoms with Crippen molar-refractivity contribution >= 4 is 17.1 Å². The van der Waals surface area contributed by atoms with Gasteiger partial charge in [0.1, 0.15) is 5.69 Å². The minimum atomic E-state index is -0.834. The highest BCUT2D eigenvalue weighted by molar-refractivity contribution is 5.70. The molecule has 1 saturated heterocycles. The summed E-state index contributed by atoms with van der Waals surface area (Å²) in [5.74, 6) is -0.834. The second kappa shape index (κ2) is 7.27. The lowest BCUT2D eigenvalue weighted by molar-refractivity contribution is -0.386. The molecule has 6 nitrogen and oxygen atoms in total. The van der Waals surface area contributed by atoms with E-state index < -0.39 is 16.4 Å². The van der Waals surface area contributed by atoms with Crippen LogP contribution in [0.5, 0.6) is 0 Å². The quantitative estimate of drug-likeness (QED) is 0.673. The maximum Gasteiger partial charge on any atom is 0.327 e. The van der Waals surface area contributed by atoms with Crippen LogP contribution in [0.3, 0.4) is 0 Å². The Balaban J connectivity index is 1.88. The lowest BCUT2D eigenvalue weighted by Gasteiger charge is -2.29. The molecule has 2 aromatic carbocycles. The molecule has 0 aromatic heterocycles. The Kier molecular flexibility index (Phi) is 4.90. The second-order valence-corrected chi connectivity index (χ2v) is 5.52. The molecule has 2 aromatic rings. The third-order valence-electron chi connectivity index (χ3n) is 3.93. The van der Waals surface area contributed by atoms with Gasteiger partial charge in [-0.25, -0.2) is 0 Å². The summed E-state index contributed by atoms with van der Waals surface area (Å²) in [6.45, 7) is 2.77. The molecule has 0 atom stereocenters. The molecule has 0 aliphatic carbocycles. The third kappa shape index (κ3) is 3.62. The monoisotopic (exact) mass is 331 g/mol. The van der Waals surface area contributed by atoms with Crippen molar-refractivity contribution in [2.24, 2.45) is 0 Å². The minimum Gasteiger partial charge on any atom is -0.378 e. The molecule has 0 amide bonds. The first-order valence-electron chi connectivity index (χ1n) is 7.73. The summed E-state index contributed by atoms with van der Waals surface area (Å²) in [7, 11) is 0. The summed E-state index contributed by atoms with van der Waals surface area (Å²) >= 11 is 0. The number of nitro benzene ring substituents is 1. The summed E-state index contributed by atoms with van der Waals surface area (Å²) in [5, 5.41) is 14.2. The number of benzene rings is 2. The van der Waals surface area contributed by atoms with Crippen LogP contribution in [0, 0.1) is 15.9 Å². The van der Waals surface area contributed by atoms with Crippen LogP contribution in [0.2, 0.25) is 0 Å². The van der Waals surface area contributed by atoms with Crippen molar-refractivity contribution in [3.63, 3.8) is 0 Å². The van der Waals surface area contributed by atoms with E-state index >= 15 is 0 Å². The Labute approximate surface area is 139 Å². The molecule has 3 rings (SSSR count). The summed E-state index contributed by atoms with van der Waals surface area (Å²) < 4.78 is 19.6. The molecule has 1 aliphatic heterocycles. The number of halogens is 1. The molecule has 126 valence electrons. The van der Waals surface area contributed by atoms with E-state index in [0.29, 0.717) is 38.5 Å². The normalized spacial score (nSPS) is 14.5. The Morgan fingerprint density at radius 1 is 1.21 bits per heavy atom. The number of rotatable bonds is 5. The Morgan fingerprint density at radius 3 is 2.58 bits per heavy atom. The summed E-state index contributed by atoms with van der Waals surface area (Å²) in [4.78, 5) is 12.5. The Morgan fingerprint density at radius 2 is 1.92 bits per heavy atom. The zero-order valence-electron chi connectivity index (χ0n) is 13.1. The van der Waals surface area contributed by atoms with Gasteiger partial charge in [0, 0.05) is 31.4 Å². The molecule has 0 saturated carbocycles. The maximum atomic E-state index is 14.3. The standard InChI is InChI=1S/C17H18FN3O3/c18-15-10-14(20-6-8-24-9-7-20)11-16(17(15)21(22)23)19-12-13-4-2-1-3-5-13/h1-5,10-11,19H,6-9,12H2. The second-order valence-electron chi connectivity index (χ2n) is 5.52. The number of hydrogen-bond acceptors (Lipinski definition) is 5. The molecular weight excluding hydrogens is 313 g/mol. The van der Waals surface area contributed by atoms with Crippen LogP contribution in [-0.4, -0.2) is 31.2 Å². The molecule has 1 heterocycles. The van der Waals surface area contributed by atoms with Crippen molar-refractivity contribution in [1.29, 1.82) is 0 Å². The van der Waals surface area contributed by atoms with Gasteiger partial charge in [0.25, 0.3) is 0 Å².